The molecule has 1 aromatic carbocycles. The van der Waals surface area contributed by atoms with Crippen LogP contribution in [0.4, 0.5) is 0 Å². The third kappa shape index (κ3) is 3.12. The fourth-order valence-electron chi connectivity index (χ4n) is 3.35. The molecule has 1 aliphatic rings. The molecule has 1 aromatic heterocycles. The summed E-state index contributed by atoms with van der Waals surface area (Å²) in [4.78, 5) is 14.9. The number of nitrogens with zero attached hydrogens (tertiary/aromatic N) is 1. The van der Waals surface area contributed by atoms with E-state index in [1.807, 2.05) is 29.6 Å². The highest BCUT2D eigenvalue weighted by atomic mass is 32.1. The van der Waals surface area contributed by atoms with Crippen molar-refractivity contribution in [1.82, 2.24) is 4.90 Å². The highest BCUT2D eigenvalue weighted by Crippen LogP contribution is 2.41. The lowest BCUT2D eigenvalue weighted by molar-refractivity contribution is -0.142. The summed E-state index contributed by atoms with van der Waals surface area (Å²) >= 11 is 1.63. The van der Waals surface area contributed by atoms with Crippen LogP contribution in [0.25, 0.3) is 0 Å². The van der Waals surface area contributed by atoms with Crippen molar-refractivity contribution in [3.8, 4) is 11.5 Å². The lowest BCUT2D eigenvalue weighted by Crippen LogP contribution is -2.39. The summed E-state index contributed by atoms with van der Waals surface area (Å²) in [5.74, 6) is 0.669. The van der Waals surface area contributed by atoms with Crippen molar-refractivity contribution in [3.63, 3.8) is 0 Å². The Labute approximate surface area is 145 Å². The molecule has 1 fully saturated rings. The monoisotopic (exact) mass is 347 g/mol. The summed E-state index contributed by atoms with van der Waals surface area (Å²) in [5.41, 5.74) is 0.967. The highest BCUT2D eigenvalue weighted by Gasteiger charge is 2.38. The third-order valence-electron chi connectivity index (χ3n) is 4.46. The van der Waals surface area contributed by atoms with Gasteiger partial charge in [0, 0.05) is 23.1 Å². The number of benzene rings is 1. The number of likely N-dealkylation sites (tertiary alicyclic amines) is 1. The fourth-order valence-corrected chi connectivity index (χ4v) is 4.21. The molecule has 2 heterocycles. The summed E-state index contributed by atoms with van der Waals surface area (Å²) in [5, 5.41) is 11.6. The number of aliphatic carboxylic acids is 1. The zero-order valence-electron chi connectivity index (χ0n) is 13.8. The number of hydrogen-bond donors (Lipinski definition) is 1. The average Bonchev–Trinajstić information content (AvgIpc) is 3.27. The molecule has 2 atom stereocenters. The van der Waals surface area contributed by atoms with Gasteiger partial charge in [0.1, 0.15) is 17.5 Å². The average molecular weight is 347 g/mol. The number of carbonyl (C=O) groups is 1. The summed E-state index contributed by atoms with van der Waals surface area (Å²) < 4.78 is 10.9. The number of ether oxygens (including phenoxy) is 2. The van der Waals surface area contributed by atoms with Crippen LogP contribution in [0.1, 0.15) is 29.3 Å². The Balaban J connectivity index is 2.08. The van der Waals surface area contributed by atoms with E-state index in [-0.39, 0.29) is 6.04 Å². The van der Waals surface area contributed by atoms with E-state index in [1.54, 1.807) is 25.6 Å². The molecule has 6 heteroatoms. The van der Waals surface area contributed by atoms with Crippen LogP contribution in [0.3, 0.4) is 0 Å². The van der Waals surface area contributed by atoms with Crippen molar-refractivity contribution in [2.45, 2.75) is 24.9 Å². The number of rotatable bonds is 6. The zero-order valence-corrected chi connectivity index (χ0v) is 14.6. The van der Waals surface area contributed by atoms with Crippen LogP contribution in [0.5, 0.6) is 11.5 Å². The van der Waals surface area contributed by atoms with Gasteiger partial charge in [0.05, 0.1) is 20.3 Å². The minimum absolute atomic E-state index is 0.130. The molecule has 0 saturated carbocycles. The molecule has 0 spiro atoms. The second kappa shape index (κ2) is 7.23. The Kier molecular flexibility index (Phi) is 5.06. The molecule has 0 bridgehead atoms. The normalized spacial score (nSPS) is 19.2. The first-order chi connectivity index (χ1) is 11.7. The molecule has 0 amide bonds. The molecule has 24 heavy (non-hydrogen) atoms. The van der Waals surface area contributed by atoms with E-state index in [0.717, 1.165) is 29.2 Å². The van der Waals surface area contributed by atoms with Crippen molar-refractivity contribution in [3.05, 3.63) is 46.2 Å². The van der Waals surface area contributed by atoms with Gasteiger partial charge >= 0.3 is 5.97 Å². The van der Waals surface area contributed by atoms with E-state index in [9.17, 15) is 9.90 Å². The van der Waals surface area contributed by atoms with E-state index in [2.05, 4.69) is 11.0 Å². The summed E-state index contributed by atoms with van der Waals surface area (Å²) in [6.45, 7) is 0.759. The van der Waals surface area contributed by atoms with E-state index < -0.39 is 12.0 Å². The molecule has 128 valence electrons. The Bertz CT molecular complexity index is 701. The van der Waals surface area contributed by atoms with Crippen molar-refractivity contribution in [1.29, 1.82) is 0 Å². The predicted molar refractivity (Wildman–Crippen MR) is 93.1 cm³/mol. The Hall–Kier alpha value is -2.05. The van der Waals surface area contributed by atoms with Crippen LogP contribution in [-0.4, -0.2) is 42.8 Å². The number of thiophene rings is 1. The van der Waals surface area contributed by atoms with Crippen LogP contribution < -0.4 is 9.47 Å². The fraction of sp³-hybridized carbons (Fsp3) is 0.389. The minimum Gasteiger partial charge on any atom is -0.497 e. The lowest BCUT2D eigenvalue weighted by atomic mass is 10.0. The predicted octanol–water partition coefficient (Wildman–Crippen LogP) is 3.40. The maximum absolute atomic E-state index is 11.7. The largest absolute Gasteiger partial charge is 0.497 e. The first kappa shape index (κ1) is 16.8. The second-order valence-electron chi connectivity index (χ2n) is 5.76. The Morgan fingerprint density at radius 1 is 1.33 bits per heavy atom. The molecule has 0 radical (unpaired) electrons. The Morgan fingerprint density at radius 3 is 2.79 bits per heavy atom. The number of carboxylic acid groups (broad SMARTS) is 1. The highest BCUT2D eigenvalue weighted by molar-refractivity contribution is 7.10. The smallest absolute Gasteiger partial charge is 0.320 e. The number of hydrogen-bond acceptors (Lipinski definition) is 5. The molecular formula is C18H21NO4S. The van der Waals surface area contributed by atoms with E-state index in [1.165, 1.54) is 0 Å². The molecule has 0 aliphatic carbocycles. The van der Waals surface area contributed by atoms with E-state index in [0.29, 0.717) is 12.2 Å². The molecule has 3 rings (SSSR count). The lowest BCUT2D eigenvalue weighted by Gasteiger charge is -2.31. The van der Waals surface area contributed by atoms with Gasteiger partial charge in [-0.15, -0.1) is 11.3 Å². The molecule has 1 aliphatic heterocycles. The first-order valence-electron chi connectivity index (χ1n) is 7.89. The molecule has 2 unspecified atom stereocenters. The number of methoxy groups -OCH3 is 2. The van der Waals surface area contributed by atoms with Crippen LogP contribution in [0.2, 0.25) is 0 Å². The minimum atomic E-state index is -0.762. The van der Waals surface area contributed by atoms with Crippen molar-refractivity contribution in [2.75, 3.05) is 20.8 Å². The summed E-state index contributed by atoms with van der Waals surface area (Å²) in [6.07, 6.45) is 1.56. The number of carboxylic acids is 1. The van der Waals surface area contributed by atoms with Gasteiger partial charge < -0.3 is 14.6 Å². The maximum atomic E-state index is 11.7. The molecule has 2 aromatic rings. The summed E-state index contributed by atoms with van der Waals surface area (Å²) in [7, 11) is 3.24. The van der Waals surface area contributed by atoms with Crippen LogP contribution in [-0.2, 0) is 4.79 Å². The van der Waals surface area contributed by atoms with Gasteiger partial charge in [0.25, 0.3) is 0 Å². The standard InChI is InChI=1S/C18H21NO4S/c1-22-12-7-8-13(15(11-12)23-2)17(16-6-4-10-24-16)19-9-3-5-14(19)18(20)21/h4,6-8,10-11,14,17H,3,5,9H2,1-2H3,(H,20,21). The molecule has 5 nitrogen and oxygen atoms in total. The van der Waals surface area contributed by atoms with E-state index >= 15 is 0 Å². The van der Waals surface area contributed by atoms with E-state index in [4.69, 9.17) is 9.47 Å². The van der Waals surface area contributed by atoms with Crippen LogP contribution >= 0.6 is 11.3 Å². The van der Waals surface area contributed by atoms with Gasteiger partial charge in [-0.25, -0.2) is 0 Å². The topological polar surface area (TPSA) is 59.0 Å². The maximum Gasteiger partial charge on any atom is 0.320 e. The van der Waals surface area contributed by atoms with Gasteiger partial charge in [-0.3, -0.25) is 9.69 Å². The van der Waals surface area contributed by atoms with Gasteiger partial charge in [-0.2, -0.15) is 0 Å². The molecule has 1 saturated heterocycles. The molecular weight excluding hydrogens is 326 g/mol. The van der Waals surface area contributed by atoms with Crippen molar-refractivity contribution >= 4 is 17.3 Å². The first-order valence-corrected chi connectivity index (χ1v) is 8.77. The van der Waals surface area contributed by atoms with Gasteiger partial charge in [0.2, 0.25) is 0 Å². The second-order valence-corrected chi connectivity index (χ2v) is 6.74. The van der Waals surface area contributed by atoms with Crippen molar-refractivity contribution in [2.24, 2.45) is 0 Å². The quantitative estimate of drug-likeness (QED) is 0.868. The zero-order chi connectivity index (χ0) is 17.1. The van der Waals surface area contributed by atoms with Gasteiger partial charge in [0.15, 0.2) is 0 Å². The summed E-state index contributed by atoms with van der Waals surface area (Å²) in [6, 6.07) is 9.16. The van der Waals surface area contributed by atoms with Crippen LogP contribution in [0.15, 0.2) is 35.7 Å². The van der Waals surface area contributed by atoms with Gasteiger partial charge in [-0.1, -0.05) is 6.07 Å². The third-order valence-corrected chi connectivity index (χ3v) is 5.38. The SMILES string of the molecule is COc1ccc(C(c2cccs2)N2CCCC2C(=O)O)c(OC)c1. The van der Waals surface area contributed by atoms with Gasteiger partial charge in [-0.05, 0) is 36.4 Å². The molecule has 1 N–H and O–H groups in total. The Morgan fingerprint density at radius 2 is 2.17 bits per heavy atom. The van der Waals surface area contributed by atoms with Crippen molar-refractivity contribution < 1.29 is 19.4 Å². The van der Waals surface area contributed by atoms with Crippen LogP contribution in [0, 0.1) is 0 Å².